The van der Waals surface area contributed by atoms with Crippen molar-refractivity contribution in [1.82, 2.24) is 0 Å². The van der Waals surface area contributed by atoms with Crippen molar-refractivity contribution in [3.63, 3.8) is 0 Å². The van der Waals surface area contributed by atoms with Crippen molar-refractivity contribution in [2.45, 2.75) is 45.4 Å². The Morgan fingerprint density at radius 1 is 1.26 bits per heavy atom. The number of esters is 1. The second kappa shape index (κ2) is 11.7. The third-order valence-electron chi connectivity index (χ3n) is 2.68. The standard InChI is InChI=1S/C14H24O5/c1-2-3-4-5-6-7-8-12(14(17)18)11-13(16)19-10-9-15/h6-7,12,15H,2-5,8-11H2,1H3,(H,17,18)/b7-6+. The van der Waals surface area contributed by atoms with Crippen molar-refractivity contribution in [1.29, 1.82) is 0 Å². The number of hydrogen-bond donors (Lipinski definition) is 2. The summed E-state index contributed by atoms with van der Waals surface area (Å²) >= 11 is 0. The SMILES string of the molecule is CCCCC/C=C/CC(CC(=O)OCCO)C(=O)O. The Morgan fingerprint density at radius 3 is 2.58 bits per heavy atom. The minimum atomic E-state index is -1.00. The van der Waals surface area contributed by atoms with Crippen LogP contribution in [0.1, 0.15) is 45.4 Å². The summed E-state index contributed by atoms with van der Waals surface area (Å²) < 4.78 is 4.65. The molecule has 0 heterocycles. The lowest BCUT2D eigenvalue weighted by atomic mass is 10.0. The maximum absolute atomic E-state index is 11.3. The van der Waals surface area contributed by atoms with Crippen molar-refractivity contribution >= 4 is 11.9 Å². The summed E-state index contributed by atoms with van der Waals surface area (Å²) in [5.74, 6) is -2.34. The molecule has 0 aromatic heterocycles. The number of aliphatic hydroxyl groups is 1. The van der Waals surface area contributed by atoms with Gasteiger partial charge in [0.2, 0.25) is 0 Å². The highest BCUT2D eigenvalue weighted by Gasteiger charge is 2.20. The molecule has 5 heteroatoms. The van der Waals surface area contributed by atoms with Crippen LogP contribution in [0.3, 0.4) is 0 Å². The highest BCUT2D eigenvalue weighted by molar-refractivity contribution is 5.78. The second-order valence-corrected chi connectivity index (χ2v) is 4.39. The van der Waals surface area contributed by atoms with Gasteiger partial charge in [-0.2, -0.15) is 0 Å². The zero-order valence-electron chi connectivity index (χ0n) is 11.5. The lowest BCUT2D eigenvalue weighted by Crippen LogP contribution is -2.19. The van der Waals surface area contributed by atoms with Crippen LogP contribution in [0, 0.1) is 5.92 Å². The van der Waals surface area contributed by atoms with Crippen LogP contribution in [0.2, 0.25) is 0 Å². The van der Waals surface area contributed by atoms with Crippen LogP contribution in [-0.2, 0) is 14.3 Å². The van der Waals surface area contributed by atoms with E-state index >= 15 is 0 Å². The first kappa shape index (κ1) is 17.6. The van der Waals surface area contributed by atoms with Crippen LogP contribution in [0.15, 0.2) is 12.2 Å². The predicted molar refractivity (Wildman–Crippen MR) is 71.7 cm³/mol. The molecule has 0 saturated heterocycles. The number of carbonyl (C=O) groups is 2. The number of aliphatic carboxylic acids is 1. The number of hydrogen-bond acceptors (Lipinski definition) is 4. The van der Waals surface area contributed by atoms with E-state index in [1.165, 1.54) is 6.42 Å². The van der Waals surface area contributed by atoms with Crippen molar-refractivity contribution in [3.8, 4) is 0 Å². The molecule has 1 unspecified atom stereocenters. The molecule has 0 aromatic rings. The molecule has 0 fully saturated rings. The molecule has 0 bridgehead atoms. The third-order valence-corrected chi connectivity index (χ3v) is 2.68. The van der Waals surface area contributed by atoms with E-state index in [9.17, 15) is 9.59 Å². The summed E-state index contributed by atoms with van der Waals surface area (Å²) in [6, 6.07) is 0. The minimum Gasteiger partial charge on any atom is -0.481 e. The van der Waals surface area contributed by atoms with E-state index in [1.54, 1.807) is 0 Å². The van der Waals surface area contributed by atoms with Gasteiger partial charge in [0, 0.05) is 0 Å². The van der Waals surface area contributed by atoms with E-state index in [-0.39, 0.29) is 19.6 Å². The van der Waals surface area contributed by atoms with Gasteiger partial charge in [0.1, 0.15) is 6.61 Å². The van der Waals surface area contributed by atoms with Crippen molar-refractivity contribution in [2.75, 3.05) is 13.2 Å². The number of ether oxygens (including phenoxy) is 1. The Balaban J connectivity index is 3.98. The number of unbranched alkanes of at least 4 members (excludes halogenated alkanes) is 3. The molecule has 19 heavy (non-hydrogen) atoms. The van der Waals surface area contributed by atoms with Gasteiger partial charge in [-0.05, 0) is 19.3 Å². The zero-order chi connectivity index (χ0) is 14.5. The van der Waals surface area contributed by atoms with Crippen LogP contribution in [0.25, 0.3) is 0 Å². The molecule has 0 aliphatic heterocycles. The average molecular weight is 272 g/mol. The molecule has 0 aromatic carbocycles. The minimum absolute atomic E-state index is 0.0853. The first-order valence-electron chi connectivity index (χ1n) is 6.76. The number of carboxylic acids is 1. The lowest BCUT2D eigenvalue weighted by Gasteiger charge is -2.09. The topological polar surface area (TPSA) is 83.8 Å². The van der Waals surface area contributed by atoms with E-state index in [0.717, 1.165) is 19.3 Å². The molecule has 2 N–H and O–H groups in total. The summed E-state index contributed by atoms with van der Waals surface area (Å²) in [4.78, 5) is 22.3. The fraction of sp³-hybridized carbons (Fsp3) is 0.714. The summed E-state index contributed by atoms with van der Waals surface area (Å²) in [6.45, 7) is 1.79. The molecule has 0 spiro atoms. The van der Waals surface area contributed by atoms with Gasteiger partial charge >= 0.3 is 11.9 Å². The Kier molecular flexibility index (Phi) is 10.9. The van der Waals surface area contributed by atoms with E-state index in [2.05, 4.69) is 11.7 Å². The average Bonchev–Trinajstić information content (AvgIpc) is 2.38. The first-order valence-corrected chi connectivity index (χ1v) is 6.76. The molecule has 0 amide bonds. The van der Waals surface area contributed by atoms with E-state index in [4.69, 9.17) is 10.2 Å². The number of rotatable bonds is 11. The molecule has 5 nitrogen and oxygen atoms in total. The summed E-state index contributed by atoms with van der Waals surface area (Å²) in [5.41, 5.74) is 0. The van der Waals surface area contributed by atoms with Crippen LogP contribution in [-0.4, -0.2) is 35.4 Å². The summed E-state index contributed by atoms with van der Waals surface area (Å²) in [7, 11) is 0. The monoisotopic (exact) mass is 272 g/mol. The van der Waals surface area contributed by atoms with Crippen molar-refractivity contribution < 1.29 is 24.5 Å². The molecule has 110 valence electrons. The molecular formula is C14H24O5. The molecular weight excluding hydrogens is 248 g/mol. The highest BCUT2D eigenvalue weighted by Crippen LogP contribution is 2.12. The van der Waals surface area contributed by atoms with Gasteiger partial charge in [-0.25, -0.2) is 0 Å². The van der Waals surface area contributed by atoms with Gasteiger partial charge in [0.15, 0.2) is 0 Å². The van der Waals surface area contributed by atoms with Crippen molar-refractivity contribution in [2.24, 2.45) is 5.92 Å². The fourth-order valence-electron chi connectivity index (χ4n) is 1.58. The van der Waals surface area contributed by atoms with Gasteiger partial charge in [-0.15, -0.1) is 0 Å². The Bertz CT molecular complexity index is 286. The Hall–Kier alpha value is -1.36. The van der Waals surface area contributed by atoms with E-state index < -0.39 is 17.9 Å². The van der Waals surface area contributed by atoms with Crippen molar-refractivity contribution in [3.05, 3.63) is 12.2 Å². The molecule has 0 aliphatic carbocycles. The first-order chi connectivity index (χ1) is 9.11. The Labute approximate surface area is 114 Å². The fourth-order valence-corrected chi connectivity index (χ4v) is 1.58. The number of carboxylic acid groups (broad SMARTS) is 1. The highest BCUT2D eigenvalue weighted by atomic mass is 16.5. The summed E-state index contributed by atoms with van der Waals surface area (Å²) in [6.07, 6.45) is 8.31. The third kappa shape index (κ3) is 10.3. The lowest BCUT2D eigenvalue weighted by molar-refractivity contribution is -0.152. The number of carbonyl (C=O) groups excluding carboxylic acids is 1. The van der Waals surface area contributed by atoms with Crippen LogP contribution in [0.5, 0.6) is 0 Å². The predicted octanol–water partition coefficient (Wildman–Crippen LogP) is 2.14. The van der Waals surface area contributed by atoms with E-state index in [1.807, 2.05) is 12.2 Å². The van der Waals surface area contributed by atoms with E-state index in [0.29, 0.717) is 6.42 Å². The second-order valence-electron chi connectivity index (χ2n) is 4.39. The molecule has 0 aliphatic rings. The van der Waals surface area contributed by atoms with Crippen LogP contribution in [0.4, 0.5) is 0 Å². The van der Waals surface area contributed by atoms with Crippen LogP contribution < -0.4 is 0 Å². The van der Waals surface area contributed by atoms with Gasteiger partial charge in [0.25, 0.3) is 0 Å². The largest absolute Gasteiger partial charge is 0.481 e. The van der Waals surface area contributed by atoms with Crippen LogP contribution >= 0.6 is 0 Å². The zero-order valence-corrected chi connectivity index (χ0v) is 11.5. The Morgan fingerprint density at radius 2 is 2.00 bits per heavy atom. The normalized spacial score (nSPS) is 12.5. The molecule has 1 atom stereocenters. The number of allylic oxidation sites excluding steroid dienone is 2. The molecule has 0 radical (unpaired) electrons. The number of aliphatic hydroxyl groups excluding tert-OH is 1. The maximum Gasteiger partial charge on any atom is 0.307 e. The smallest absolute Gasteiger partial charge is 0.307 e. The van der Waals surface area contributed by atoms with Gasteiger partial charge in [-0.3, -0.25) is 9.59 Å². The molecule has 0 saturated carbocycles. The maximum atomic E-state index is 11.3. The quantitative estimate of drug-likeness (QED) is 0.342. The van der Waals surface area contributed by atoms with Gasteiger partial charge < -0.3 is 14.9 Å². The summed E-state index contributed by atoms with van der Waals surface area (Å²) in [5, 5.41) is 17.5. The van der Waals surface area contributed by atoms with Gasteiger partial charge in [0.05, 0.1) is 18.9 Å². The van der Waals surface area contributed by atoms with Gasteiger partial charge in [-0.1, -0.05) is 31.9 Å². The molecule has 0 rings (SSSR count).